The Hall–Kier alpha value is -2.15. The van der Waals surface area contributed by atoms with Gasteiger partial charge in [-0.3, -0.25) is 15.5 Å². The minimum absolute atomic E-state index is 0.0158. The van der Waals surface area contributed by atoms with Crippen molar-refractivity contribution in [3.8, 4) is 0 Å². The van der Waals surface area contributed by atoms with E-state index in [0.717, 1.165) is 12.8 Å². The third-order valence-corrected chi connectivity index (χ3v) is 4.00. The summed E-state index contributed by atoms with van der Waals surface area (Å²) in [4.78, 5) is 14.6. The Morgan fingerprint density at radius 2 is 2.10 bits per heavy atom. The van der Waals surface area contributed by atoms with Crippen molar-refractivity contribution in [3.63, 3.8) is 0 Å². The predicted octanol–water partition coefficient (Wildman–Crippen LogP) is 3.33. The van der Waals surface area contributed by atoms with Crippen LogP contribution in [0.4, 0.5) is 11.7 Å². The van der Waals surface area contributed by atoms with Crippen LogP contribution in [0.1, 0.15) is 33.1 Å². The second-order valence-corrected chi connectivity index (χ2v) is 5.58. The molecule has 2 aromatic rings. The van der Waals surface area contributed by atoms with Crippen LogP contribution in [0.3, 0.4) is 0 Å². The molecule has 0 spiro atoms. The maximum Gasteiger partial charge on any atom is 0.310 e. The zero-order chi connectivity index (χ0) is 15.0. The van der Waals surface area contributed by atoms with Crippen molar-refractivity contribution in [3.05, 3.63) is 28.3 Å². The highest BCUT2D eigenvalue weighted by atomic mass is 16.6. The highest BCUT2D eigenvalue weighted by molar-refractivity contribution is 5.77. The Bertz CT molecular complexity index is 659. The van der Waals surface area contributed by atoms with Crippen LogP contribution in [0.2, 0.25) is 0 Å². The standard InChI is InChI=1S/C14H18N4O3/c1-9-4-3-5-10(2)17(9)16-14-15-12-8-11(18(19)20)6-7-13(12)21-14/h6-10H,3-5H2,1-2H3,(H,15,16). The number of nitro groups is 1. The van der Waals surface area contributed by atoms with E-state index in [-0.39, 0.29) is 5.69 Å². The number of benzene rings is 1. The summed E-state index contributed by atoms with van der Waals surface area (Å²) in [5.74, 6) is 0. The second-order valence-electron chi connectivity index (χ2n) is 5.58. The van der Waals surface area contributed by atoms with Gasteiger partial charge >= 0.3 is 6.01 Å². The zero-order valence-electron chi connectivity index (χ0n) is 12.1. The van der Waals surface area contributed by atoms with Crippen molar-refractivity contribution in [2.24, 2.45) is 0 Å². The first kappa shape index (κ1) is 13.8. The summed E-state index contributed by atoms with van der Waals surface area (Å²) >= 11 is 0. The molecule has 7 nitrogen and oxygen atoms in total. The van der Waals surface area contributed by atoms with Gasteiger partial charge in [0.15, 0.2) is 5.58 Å². The first-order chi connectivity index (χ1) is 10.0. The molecule has 1 saturated heterocycles. The van der Waals surface area contributed by atoms with Crippen LogP contribution in [0.5, 0.6) is 0 Å². The molecule has 2 unspecified atom stereocenters. The van der Waals surface area contributed by atoms with Gasteiger partial charge in [-0.25, -0.2) is 5.01 Å². The Balaban J connectivity index is 1.85. The molecule has 1 aromatic heterocycles. The summed E-state index contributed by atoms with van der Waals surface area (Å²) in [5.41, 5.74) is 4.25. The van der Waals surface area contributed by atoms with Gasteiger partial charge in [-0.15, -0.1) is 0 Å². The number of hydrazine groups is 1. The van der Waals surface area contributed by atoms with E-state index < -0.39 is 4.92 Å². The van der Waals surface area contributed by atoms with Gasteiger partial charge in [0.25, 0.3) is 5.69 Å². The fourth-order valence-electron chi connectivity index (χ4n) is 2.83. The van der Waals surface area contributed by atoms with Crippen molar-refractivity contribution in [2.45, 2.75) is 45.2 Å². The first-order valence-electron chi connectivity index (χ1n) is 7.14. The minimum atomic E-state index is -0.435. The fraction of sp³-hybridized carbons (Fsp3) is 0.500. The Labute approximate surface area is 122 Å². The molecule has 7 heteroatoms. The van der Waals surface area contributed by atoms with Crippen LogP contribution in [-0.2, 0) is 0 Å². The largest absolute Gasteiger partial charge is 0.423 e. The van der Waals surface area contributed by atoms with Gasteiger partial charge < -0.3 is 4.42 Å². The third kappa shape index (κ3) is 2.69. The van der Waals surface area contributed by atoms with E-state index in [9.17, 15) is 10.1 Å². The lowest BCUT2D eigenvalue weighted by Gasteiger charge is -2.38. The molecule has 0 aliphatic carbocycles. The Kier molecular flexibility index (Phi) is 3.50. The third-order valence-electron chi connectivity index (χ3n) is 4.00. The lowest BCUT2D eigenvalue weighted by Crippen LogP contribution is -2.47. The lowest BCUT2D eigenvalue weighted by atomic mass is 10.00. The van der Waals surface area contributed by atoms with Crippen molar-refractivity contribution < 1.29 is 9.34 Å². The molecule has 0 bridgehead atoms. The number of anilines is 1. The van der Waals surface area contributed by atoms with Crippen molar-refractivity contribution >= 4 is 22.8 Å². The number of nitro benzene ring substituents is 1. The molecular weight excluding hydrogens is 272 g/mol. The zero-order valence-corrected chi connectivity index (χ0v) is 12.1. The molecular formula is C14H18N4O3. The molecule has 0 radical (unpaired) electrons. The molecule has 1 fully saturated rings. The number of hydrogen-bond acceptors (Lipinski definition) is 6. The normalized spacial score (nSPS) is 23.3. The lowest BCUT2D eigenvalue weighted by molar-refractivity contribution is -0.384. The minimum Gasteiger partial charge on any atom is -0.423 e. The van der Waals surface area contributed by atoms with E-state index in [1.807, 2.05) is 0 Å². The molecule has 112 valence electrons. The number of nitrogens with zero attached hydrogens (tertiary/aromatic N) is 3. The number of fused-ring (bicyclic) bond motifs is 1. The van der Waals surface area contributed by atoms with Crippen molar-refractivity contribution in [1.82, 2.24) is 9.99 Å². The van der Waals surface area contributed by atoms with Gasteiger partial charge in [0.05, 0.1) is 4.92 Å². The molecule has 1 aliphatic heterocycles. The highest BCUT2D eigenvalue weighted by Gasteiger charge is 2.26. The Morgan fingerprint density at radius 1 is 1.38 bits per heavy atom. The summed E-state index contributed by atoms with van der Waals surface area (Å²) in [6, 6.07) is 5.60. The second kappa shape index (κ2) is 5.33. The number of rotatable bonds is 3. The molecule has 1 aliphatic rings. The number of hydrogen-bond donors (Lipinski definition) is 1. The van der Waals surface area contributed by atoms with E-state index in [1.165, 1.54) is 18.6 Å². The van der Waals surface area contributed by atoms with Crippen LogP contribution in [0, 0.1) is 10.1 Å². The van der Waals surface area contributed by atoms with Gasteiger partial charge in [-0.2, -0.15) is 4.98 Å². The van der Waals surface area contributed by atoms with Crippen LogP contribution in [0.15, 0.2) is 22.6 Å². The average Bonchev–Trinajstić information content (AvgIpc) is 2.84. The highest BCUT2D eigenvalue weighted by Crippen LogP contribution is 2.27. The fourth-order valence-corrected chi connectivity index (χ4v) is 2.83. The van der Waals surface area contributed by atoms with Crippen LogP contribution >= 0.6 is 0 Å². The SMILES string of the molecule is CC1CCCC(C)N1Nc1nc2cc([N+](=O)[O-])ccc2o1. The van der Waals surface area contributed by atoms with E-state index in [1.54, 1.807) is 6.07 Å². The van der Waals surface area contributed by atoms with E-state index in [0.29, 0.717) is 29.2 Å². The summed E-state index contributed by atoms with van der Waals surface area (Å²) < 4.78 is 5.62. The maximum absolute atomic E-state index is 10.8. The van der Waals surface area contributed by atoms with Crippen LogP contribution in [0.25, 0.3) is 11.1 Å². The van der Waals surface area contributed by atoms with Crippen molar-refractivity contribution in [2.75, 3.05) is 5.43 Å². The molecule has 1 N–H and O–H groups in total. The smallest absolute Gasteiger partial charge is 0.310 e. The molecule has 21 heavy (non-hydrogen) atoms. The number of aromatic nitrogens is 1. The Morgan fingerprint density at radius 3 is 2.76 bits per heavy atom. The molecule has 1 aromatic carbocycles. The molecule has 0 amide bonds. The topological polar surface area (TPSA) is 84.4 Å². The molecule has 0 saturated carbocycles. The van der Waals surface area contributed by atoms with Crippen LogP contribution < -0.4 is 5.43 Å². The number of piperidine rings is 1. The van der Waals surface area contributed by atoms with Gasteiger partial charge in [0, 0.05) is 24.2 Å². The molecule has 2 atom stereocenters. The predicted molar refractivity (Wildman–Crippen MR) is 78.9 cm³/mol. The number of oxazole rings is 1. The summed E-state index contributed by atoms with van der Waals surface area (Å²) in [7, 11) is 0. The van der Waals surface area contributed by atoms with E-state index >= 15 is 0 Å². The van der Waals surface area contributed by atoms with Crippen LogP contribution in [-0.4, -0.2) is 27.0 Å². The maximum atomic E-state index is 10.8. The summed E-state index contributed by atoms with van der Waals surface area (Å²) in [6.45, 7) is 4.33. The molecule has 2 heterocycles. The average molecular weight is 290 g/mol. The quantitative estimate of drug-likeness (QED) is 0.689. The molecule has 3 rings (SSSR count). The van der Waals surface area contributed by atoms with Crippen molar-refractivity contribution in [1.29, 1.82) is 0 Å². The summed E-state index contributed by atoms with van der Waals surface area (Å²) in [6.07, 6.45) is 3.48. The number of non-ortho nitro benzene ring substituents is 1. The number of nitrogens with one attached hydrogen (secondary N) is 1. The van der Waals surface area contributed by atoms with Gasteiger partial charge in [0.2, 0.25) is 0 Å². The van der Waals surface area contributed by atoms with Gasteiger partial charge in [-0.1, -0.05) is 6.42 Å². The monoisotopic (exact) mass is 290 g/mol. The summed E-state index contributed by atoms with van der Waals surface area (Å²) in [5, 5.41) is 12.9. The van der Waals surface area contributed by atoms with E-state index in [2.05, 4.69) is 29.3 Å². The first-order valence-corrected chi connectivity index (χ1v) is 7.14. The van der Waals surface area contributed by atoms with Gasteiger partial charge in [0.1, 0.15) is 5.52 Å². The van der Waals surface area contributed by atoms with Gasteiger partial charge in [-0.05, 0) is 32.8 Å². The van der Waals surface area contributed by atoms with E-state index in [4.69, 9.17) is 4.42 Å².